The van der Waals surface area contributed by atoms with Crippen molar-refractivity contribution in [2.45, 2.75) is 26.3 Å². The summed E-state index contributed by atoms with van der Waals surface area (Å²) in [6.07, 6.45) is 1.30. The second kappa shape index (κ2) is 3.80. The Kier molecular flexibility index (Phi) is 2.78. The fourth-order valence-electron chi connectivity index (χ4n) is 2.38. The molecular weight excluding hydrogens is 206 g/mol. The van der Waals surface area contributed by atoms with Crippen LogP contribution in [-0.2, 0) is 0 Å². The minimum atomic E-state index is 0.443. The van der Waals surface area contributed by atoms with Crippen LogP contribution in [0, 0.1) is 11.3 Å². The first kappa shape index (κ1) is 11.0. The Hall–Kier alpha value is -0.530. The molecule has 1 aromatic carbocycles. The SMILES string of the molecule is CNC(c1cccc(Cl)c1)C1CC1(C)C. The van der Waals surface area contributed by atoms with Gasteiger partial charge in [0.1, 0.15) is 0 Å². The van der Waals surface area contributed by atoms with Gasteiger partial charge in [-0.3, -0.25) is 0 Å². The summed E-state index contributed by atoms with van der Waals surface area (Å²) in [6.45, 7) is 4.65. The molecular formula is C13H18ClN. The van der Waals surface area contributed by atoms with Crippen LogP contribution in [0.4, 0.5) is 0 Å². The van der Waals surface area contributed by atoms with E-state index in [9.17, 15) is 0 Å². The Morgan fingerprint density at radius 1 is 1.47 bits per heavy atom. The van der Waals surface area contributed by atoms with Gasteiger partial charge in [0.25, 0.3) is 0 Å². The lowest BCUT2D eigenvalue weighted by Crippen LogP contribution is -2.20. The molecule has 1 aromatic rings. The van der Waals surface area contributed by atoms with Crippen LogP contribution in [0.5, 0.6) is 0 Å². The standard InChI is InChI=1S/C13H18ClN/c1-13(2)8-11(13)12(15-3)9-5-4-6-10(14)7-9/h4-7,11-12,15H,8H2,1-3H3. The van der Waals surface area contributed by atoms with Crippen molar-refractivity contribution in [3.05, 3.63) is 34.9 Å². The number of rotatable bonds is 3. The normalized spacial score (nSPS) is 24.9. The quantitative estimate of drug-likeness (QED) is 0.825. The van der Waals surface area contributed by atoms with Gasteiger partial charge in [0.05, 0.1) is 0 Å². The van der Waals surface area contributed by atoms with E-state index in [-0.39, 0.29) is 0 Å². The van der Waals surface area contributed by atoms with Crippen molar-refractivity contribution in [3.8, 4) is 0 Å². The minimum absolute atomic E-state index is 0.443. The molecule has 1 saturated carbocycles. The number of benzene rings is 1. The number of hydrogen-bond donors (Lipinski definition) is 1. The van der Waals surface area contributed by atoms with Crippen molar-refractivity contribution in [2.75, 3.05) is 7.05 Å². The first-order valence-corrected chi connectivity index (χ1v) is 5.85. The molecule has 0 heterocycles. The summed E-state index contributed by atoms with van der Waals surface area (Å²) in [4.78, 5) is 0. The van der Waals surface area contributed by atoms with Crippen LogP contribution in [0.25, 0.3) is 0 Å². The molecule has 2 atom stereocenters. The Morgan fingerprint density at radius 2 is 2.13 bits per heavy atom. The van der Waals surface area contributed by atoms with Gasteiger partial charge in [-0.15, -0.1) is 0 Å². The second-order valence-electron chi connectivity index (χ2n) is 5.12. The van der Waals surface area contributed by atoms with Crippen molar-refractivity contribution >= 4 is 11.6 Å². The molecule has 0 radical (unpaired) electrons. The van der Waals surface area contributed by atoms with Gasteiger partial charge in [-0.1, -0.05) is 37.6 Å². The predicted molar refractivity (Wildman–Crippen MR) is 65.1 cm³/mol. The van der Waals surface area contributed by atoms with E-state index in [2.05, 4.69) is 31.3 Å². The molecule has 0 amide bonds. The molecule has 2 heteroatoms. The van der Waals surface area contributed by atoms with E-state index in [0.29, 0.717) is 11.5 Å². The van der Waals surface area contributed by atoms with E-state index in [1.807, 2.05) is 19.2 Å². The van der Waals surface area contributed by atoms with Gasteiger partial charge in [-0.05, 0) is 42.5 Å². The third-order valence-electron chi connectivity index (χ3n) is 3.51. The zero-order valence-electron chi connectivity index (χ0n) is 9.55. The van der Waals surface area contributed by atoms with Crippen molar-refractivity contribution < 1.29 is 0 Å². The summed E-state index contributed by atoms with van der Waals surface area (Å²) < 4.78 is 0. The van der Waals surface area contributed by atoms with Crippen LogP contribution in [0.15, 0.2) is 24.3 Å². The fraction of sp³-hybridized carbons (Fsp3) is 0.538. The average molecular weight is 224 g/mol. The molecule has 1 nitrogen and oxygen atoms in total. The maximum Gasteiger partial charge on any atom is 0.0409 e. The smallest absolute Gasteiger partial charge is 0.0409 e. The van der Waals surface area contributed by atoms with E-state index in [1.54, 1.807) is 0 Å². The zero-order valence-corrected chi connectivity index (χ0v) is 10.3. The average Bonchev–Trinajstić information content (AvgIpc) is 2.76. The number of nitrogens with one attached hydrogen (secondary N) is 1. The zero-order chi connectivity index (χ0) is 11.1. The largest absolute Gasteiger partial charge is 0.313 e. The molecule has 1 fully saturated rings. The van der Waals surface area contributed by atoms with Crippen LogP contribution in [0.3, 0.4) is 0 Å². The fourth-order valence-corrected chi connectivity index (χ4v) is 2.58. The predicted octanol–water partition coefficient (Wildman–Crippen LogP) is 3.65. The van der Waals surface area contributed by atoms with E-state index in [4.69, 9.17) is 11.6 Å². The van der Waals surface area contributed by atoms with E-state index in [1.165, 1.54) is 12.0 Å². The highest BCUT2D eigenvalue weighted by Gasteiger charge is 2.49. The molecule has 0 aliphatic heterocycles. The van der Waals surface area contributed by atoms with Crippen LogP contribution in [-0.4, -0.2) is 7.05 Å². The van der Waals surface area contributed by atoms with Crippen LogP contribution >= 0.6 is 11.6 Å². The Balaban J connectivity index is 2.21. The van der Waals surface area contributed by atoms with Crippen molar-refractivity contribution in [2.24, 2.45) is 11.3 Å². The maximum absolute atomic E-state index is 6.01. The van der Waals surface area contributed by atoms with Crippen LogP contribution < -0.4 is 5.32 Å². The minimum Gasteiger partial charge on any atom is -0.313 e. The molecule has 1 aliphatic rings. The Bertz CT molecular complexity index is 359. The maximum atomic E-state index is 6.01. The monoisotopic (exact) mass is 223 g/mol. The van der Waals surface area contributed by atoms with E-state index < -0.39 is 0 Å². The first-order valence-electron chi connectivity index (χ1n) is 5.47. The summed E-state index contributed by atoms with van der Waals surface area (Å²) >= 11 is 6.01. The van der Waals surface area contributed by atoms with Gasteiger partial charge >= 0.3 is 0 Å². The van der Waals surface area contributed by atoms with Gasteiger partial charge in [0.2, 0.25) is 0 Å². The van der Waals surface area contributed by atoms with Gasteiger partial charge in [0.15, 0.2) is 0 Å². The van der Waals surface area contributed by atoms with Crippen molar-refractivity contribution in [1.82, 2.24) is 5.32 Å². The Morgan fingerprint density at radius 3 is 2.60 bits per heavy atom. The molecule has 15 heavy (non-hydrogen) atoms. The molecule has 1 N–H and O–H groups in total. The molecule has 0 spiro atoms. The van der Waals surface area contributed by atoms with Gasteiger partial charge in [-0.25, -0.2) is 0 Å². The Labute approximate surface area is 96.8 Å². The summed E-state index contributed by atoms with van der Waals surface area (Å²) in [5.41, 5.74) is 1.79. The molecule has 0 bridgehead atoms. The van der Waals surface area contributed by atoms with E-state index in [0.717, 1.165) is 10.9 Å². The highest BCUT2D eigenvalue weighted by atomic mass is 35.5. The summed E-state index contributed by atoms with van der Waals surface area (Å²) in [6, 6.07) is 8.62. The van der Waals surface area contributed by atoms with Crippen molar-refractivity contribution in [1.29, 1.82) is 0 Å². The number of halogens is 1. The molecule has 0 aromatic heterocycles. The molecule has 2 unspecified atom stereocenters. The van der Waals surface area contributed by atoms with Crippen LogP contribution in [0.1, 0.15) is 31.9 Å². The van der Waals surface area contributed by atoms with Gasteiger partial charge < -0.3 is 5.32 Å². The number of hydrogen-bond acceptors (Lipinski definition) is 1. The molecule has 1 aliphatic carbocycles. The molecule has 82 valence electrons. The van der Waals surface area contributed by atoms with Crippen LogP contribution in [0.2, 0.25) is 5.02 Å². The third-order valence-corrected chi connectivity index (χ3v) is 3.75. The highest BCUT2D eigenvalue weighted by Crippen LogP contribution is 2.57. The van der Waals surface area contributed by atoms with Crippen molar-refractivity contribution in [3.63, 3.8) is 0 Å². The molecule has 0 saturated heterocycles. The summed E-state index contributed by atoms with van der Waals surface area (Å²) in [5, 5.41) is 4.23. The lowest BCUT2D eigenvalue weighted by atomic mass is 9.97. The summed E-state index contributed by atoms with van der Waals surface area (Å²) in [5.74, 6) is 0.737. The van der Waals surface area contributed by atoms with E-state index >= 15 is 0 Å². The summed E-state index contributed by atoms with van der Waals surface area (Å²) in [7, 11) is 2.03. The highest BCUT2D eigenvalue weighted by molar-refractivity contribution is 6.30. The topological polar surface area (TPSA) is 12.0 Å². The second-order valence-corrected chi connectivity index (χ2v) is 5.56. The lowest BCUT2D eigenvalue weighted by Gasteiger charge is -2.18. The van der Waals surface area contributed by atoms with Gasteiger partial charge in [-0.2, -0.15) is 0 Å². The van der Waals surface area contributed by atoms with Gasteiger partial charge in [0, 0.05) is 11.1 Å². The third kappa shape index (κ3) is 2.19. The molecule has 2 rings (SSSR count). The lowest BCUT2D eigenvalue weighted by molar-refractivity contribution is 0.441. The first-order chi connectivity index (χ1) is 7.04.